The van der Waals surface area contributed by atoms with E-state index in [9.17, 15) is 0 Å². The maximum Gasteiger partial charge on any atom is 0.147 e. The first-order valence-electron chi connectivity index (χ1n) is 15.1. The molecule has 2 atom stereocenters. The van der Waals surface area contributed by atoms with Crippen LogP contribution in [-0.2, 0) is 5.41 Å². The molecule has 3 nitrogen and oxygen atoms in total. The van der Waals surface area contributed by atoms with Crippen molar-refractivity contribution in [3.63, 3.8) is 0 Å². The van der Waals surface area contributed by atoms with Gasteiger partial charge in [-0.3, -0.25) is 0 Å². The molecule has 0 radical (unpaired) electrons. The molecule has 9 rings (SSSR count). The van der Waals surface area contributed by atoms with Crippen molar-refractivity contribution in [3.8, 4) is 22.3 Å². The van der Waals surface area contributed by atoms with Crippen molar-refractivity contribution in [2.45, 2.75) is 18.0 Å². The molecule has 1 aliphatic heterocycles. The zero-order chi connectivity index (χ0) is 28.4. The molecule has 5 aromatic rings. The molecule has 0 fully saturated rings. The number of hydrogen-bond acceptors (Lipinski definition) is 3. The molecule has 0 bridgehead atoms. The molecular formula is C40H29N3. The van der Waals surface area contributed by atoms with Crippen LogP contribution in [0.3, 0.4) is 0 Å². The summed E-state index contributed by atoms with van der Waals surface area (Å²) in [6.07, 6.45) is 9.29. The van der Waals surface area contributed by atoms with E-state index < -0.39 is 0 Å². The fourth-order valence-corrected chi connectivity index (χ4v) is 7.60. The number of hydrogen-bond donors (Lipinski definition) is 1. The number of allylic oxidation sites excluding steroid dienone is 3. The molecule has 1 spiro atoms. The third kappa shape index (κ3) is 3.48. The van der Waals surface area contributed by atoms with Crippen molar-refractivity contribution in [1.29, 1.82) is 0 Å². The summed E-state index contributed by atoms with van der Waals surface area (Å²) in [5.74, 6) is 1.90. The van der Waals surface area contributed by atoms with Gasteiger partial charge in [0, 0.05) is 11.5 Å². The molecule has 4 aliphatic rings. The van der Waals surface area contributed by atoms with Crippen LogP contribution in [0.5, 0.6) is 0 Å². The Bertz CT molecular complexity index is 1980. The molecule has 1 unspecified atom stereocenters. The zero-order valence-corrected chi connectivity index (χ0v) is 23.6. The van der Waals surface area contributed by atoms with E-state index in [4.69, 9.17) is 9.98 Å². The predicted octanol–water partition coefficient (Wildman–Crippen LogP) is 8.61. The molecule has 43 heavy (non-hydrogen) atoms. The van der Waals surface area contributed by atoms with Crippen molar-refractivity contribution in [1.82, 2.24) is 5.32 Å². The topological polar surface area (TPSA) is 36.8 Å². The number of fused-ring (bicyclic) bond motifs is 10. The zero-order valence-electron chi connectivity index (χ0n) is 23.6. The van der Waals surface area contributed by atoms with Gasteiger partial charge >= 0.3 is 0 Å². The SMILES string of the molecule is C1=CCC(C2=N[C@H](c3ccc4c(c3)C3(c5ccccc5-c5ccccc53)c3ccccc3-4)NC(c3ccccc3)=N2)C=C1. The normalized spacial score (nSPS) is 20.0. The minimum absolute atomic E-state index is 0.159. The largest absolute Gasteiger partial charge is 0.344 e. The number of aliphatic imine (C=N–C) groups is 2. The number of rotatable bonds is 3. The van der Waals surface area contributed by atoms with Crippen LogP contribution in [-0.4, -0.2) is 11.7 Å². The molecule has 204 valence electrons. The second kappa shape index (κ2) is 9.37. The molecule has 0 saturated heterocycles. The van der Waals surface area contributed by atoms with E-state index in [1.807, 2.05) is 6.07 Å². The molecule has 0 saturated carbocycles. The number of benzene rings is 5. The van der Waals surface area contributed by atoms with Gasteiger partial charge in [0.25, 0.3) is 0 Å². The summed E-state index contributed by atoms with van der Waals surface area (Å²) in [5, 5.41) is 3.71. The van der Waals surface area contributed by atoms with Gasteiger partial charge in [-0.15, -0.1) is 0 Å². The predicted molar refractivity (Wildman–Crippen MR) is 175 cm³/mol. The Morgan fingerprint density at radius 2 is 1.21 bits per heavy atom. The summed E-state index contributed by atoms with van der Waals surface area (Å²) in [5.41, 5.74) is 12.5. The first-order valence-corrected chi connectivity index (χ1v) is 15.1. The van der Waals surface area contributed by atoms with Gasteiger partial charge in [-0.1, -0.05) is 140 Å². The van der Waals surface area contributed by atoms with Crippen molar-refractivity contribution >= 4 is 11.7 Å². The monoisotopic (exact) mass is 551 g/mol. The van der Waals surface area contributed by atoms with Gasteiger partial charge < -0.3 is 5.32 Å². The minimum Gasteiger partial charge on any atom is -0.344 e. The molecule has 1 heterocycles. The van der Waals surface area contributed by atoms with Gasteiger partial charge in [-0.25, -0.2) is 9.98 Å². The van der Waals surface area contributed by atoms with E-state index >= 15 is 0 Å². The minimum atomic E-state index is -0.371. The number of nitrogens with zero attached hydrogens (tertiary/aromatic N) is 2. The average molecular weight is 552 g/mol. The van der Waals surface area contributed by atoms with Crippen molar-refractivity contribution in [2.75, 3.05) is 0 Å². The Kier molecular flexibility index (Phi) is 5.30. The van der Waals surface area contributed by atoms with Crippen molar-refractivity contribution in [3.05, 3.63) is 179 Å². The highest BCUT2D eigenvalue weighted by Crippen LogP contribution is 2.62. The van der Waals surface area contributed by atoms with Gasteiger partial charge in [-0.05, 0) is 62.6 Å². The van der Waals surface area contributed by atoms with E-state index in [1.54, 1.807) is 0 Å². The van der Waals surface area contributed by atoms with E-state index in [0.717, 1.165) is 29.2 Å². The van der Waals surface area contributed by atoms with Gasteiger partial charge in [0.15, 0.2) is 0 Å². The van der Waals surface area contributed by atoms with Gasteiger partial charge in [0.05, 0.1) is 5.41 Å². The third-order valence-electron chi connectivity index (χ3n) is 9.46. The fourth-order valence-electron chi connectivity index (χ4n) is 7.60. The maximum atomic E-state index is 5.26. The summed E-state index contributed by atoms with van der Waals surface area (Å²) in [6, 6.07) is 44.2. The Labute approximate surface area is 251 Å². The summed E-state index contributed by atoms with van der Waals surface area (Å²) in [6.45, 7) is 0. The molecule has 5 aromatic carbocycles. The summed E-state index contributed by atoms with van der Waals surface area (Å²) < 4.78 is 0. The van der Waals surface area contributed by atoms with Gasteiger partial charge in [-0.2, -0.15) is 0 Å². The van der Waals surface area contributed by atoms with Crippen LogP contribution in [0.4, 0.5) is 0 Å². The van der Waals surface area contributed by atoms with E-state index in [0.29, 0.717) is 0 Å². The summed E-state index contributed by atoms with van der Waals surface area (Å²) >= 11 is 0. The van der Waals surface area contributed by atoms with Crippen LogP contribution in [0.1, 0.15) is 46.0 Å². The number of amidine groups is 2. The quantitative estimate of drug-likeness (QED) is 0.235. The van der Waals surface area contributed by atoms with Crippen molar-refractivity contribution in [2.24, 2.45) is 15.9 Å². The van der Waals surface area contributed by atoms with Gasteiger partial charge in [0.2, 0.25) is 0 Å². The molecular weight excluding hydrogens is 522 g/mol. The van der Waals surface area contributed by atoms with E-state index in [-0.39, 0.29) is 17.5 Å². The van der Waals surface area contributed by atoms with Gasteiger partial charge in [0.1, 0.15) is 17.8 Å². The highest BCUT2D eigenvalue weighted by molar-refractivity contribution is 6.08. The van der Waals surface area contributed by atoms with Crippen LogP contribution in [0.25, 0.3) is 22.3 Å². The fraction of sp³-hybridized carbons (Fsp3) is 0.100. The lowest BCUT2D eigenvalue weighted by Crippen LogP contribution is -2.35. The third-order valence-corrected chi connectivity index (χ3v) is 9.46. The lowest BCUT2D eigenvalue weighted by Gasteiger charge is -2.31. The smallest absolute Gasteiger partial charge is 0.147 e. The lowest BCUT2D eigenvalue weighted by atomic mass is 9.70. The highest BCUT2D eigenvalue weighted by Gasteiger charge is 2.51. The first-order chi connectivity index (χ1) is 21.3. The Morgan fingerprint density at radius 1 is 0.605 bits per heavy atom. The molecule has 3 aliphatic carbocycles. The average Bonchev–Trinajstić information content (AvgIpc) is 3.56. The number of nitrogens with one attached hydrogen (secondary N) is 1. The second-order valence-corrected chi connectivity index (χ2v) is 11.7. The van der Waals surface area contributed by atoms with Crippen LogP contribution in [0.15, 0.2) is 156 Å². The maximum absolute atomic E-state index is 5.26. The van der Waals surface area contributed by atoms with Crippen LogP contribution in [0.2, 0.25) is 0 Å². The van der Waals surface area contributed by atoms with Crippen LogP contribution in [0, 0.1) is 5.92 Å². The molecule has 3 heteroatoms. The Hall–Kier alpha value is -5.28. The Balaban J connectivity index is 1.25. The molecule has 0 aromatic heterocycles. The second-order valence-electron chi connectivity index (χ2n) is 11.7. The van der Waals surface area contributed by atoms with Crippen LogP contribution >= 0.6 is 0 Å². The van der Waals surface area contributed by atoms with Crippen LogP contribution < -0.4 is 5.32 Å². The summed E-state index contributed by atoms with van der Waals surface area (Å²) in [4.78, 5) is 10.3. The standard InChI is InChI=1S/C40H29N3/c1-3-13-26(14-4-1)37-41-38(27-15-5-2-6-16-27)43-39(42-37)28-23-24-32-31-19-9-12-22-35(31)40(36(32)25-28)33-20-10-7-17-29(33)30-18-8-11-21-34(30)40/h1-15,17-25,27,39H,16H2,(H,41,42,43)/t27?,39-/m1/s1. The lowest BCUT2D eigenvalue weighted by molar-refractivity contribution is 0.656. The van der Waals surface area contributed by atoms with E-state index in [2.05, 4.69) is 145 Å². The van der Waals surface area contributed by atoms with Crippen molar-refractivity contribution < 1.29 is 0 Å². The summed E-state index contributed by atoms with van der Waals surface area (Å²) in [7, 11) is 0. The van der Waals surface area contributed by atoms with E-state index in [1.165, 1.54) is 44.5 Å². The Morgan fingerprint density at radius 3 is 1.84 bits per heavy atom. The highest BCUT2D eigenvalue weighted by atomic mass is 15.2. The molecule has 1 N–H and O–H groups in total. The molecule has 0 amide bonds. The first kappa shape index (κ1) is 24.3.